The quantitative estimate of drug-likeness (QED) is 0.136. The van der Waals surface area contributed by atoms with Gasteiger partial charge in [-0.15, -0.1) is 0 Å². The summed E-state index contributed by atoms with van der Waals surface area (Å²) in [7, 11) is 0. The number of carbonyl (C=O) groups excluding carboxylic acids is 2. The van der Waals surface area contributed by atoms with Crippen molar-refractivity contribution < 1.29 is 9.59 Å². The molecule has 37 heavy (non-hydrogen) atoms. The molecule has 4 aromatic rings. The summed E-state index contributed by atoms with van der Waals surface area (Å²) in [6, 6.07) is 25.1. The number of para-hydroxylation sites is 2. The zero-order valence-corrected chi connectivity index (χ0v) is 20.9. The predicted molar refractivity (Wildman–Crippen MR) is 149 cm³/mol. The molecule has 0 atom stereocenters. The average molecular weight is 497 g/mol. The fraction of sp³-hybridized carbons (Fsp3) is 0.207. The number of amides is 2. The Balaban J connectivity index is 1.17. The number of aromatic amines is 1. The van der Waals surface area contributed by atoms with Crippen molar-refractivity contribution >= 4 is 34.6 Å². The highest BCUT2D eigenvalue weighted by atomic mass is 16.2. The van der Waals surface area contributed by atoms with Gasteiger partial charge in [0.15, 0.2) is 0 Å². The molecule has 1 heterocycles. The minimum absolute atomic E-state index is 0.0640. The Morgan fingerprint density at radius 3 is 2.32 bits per heavy atom. The number of anilines is 4. The van der Waals surface area contributed by atoms with E-state index in [1.54, 1.807) is 18.2 Å². The average Bonchev–Trinajstić information content (AvgIpc) is 3.40. The van der Waals surface area contributed by atoms with E-state index in [1.807, 2.05) is 48.5 Å². The van der Waals surface area contributed by atoms with Crippen LogP contribution in [0.3, 0.4) is 0 Å². The summed E-state index contributed by atoms with van der Waals surface area (Å²) >= 11 is 0. The molecule has 4 rings (SSSR count). The number of aromatic nitrogens is 2. The third-order valence-electron chi connectivity index (χ3n) is 5.94. The second kappa shape index (κ2) is 12.4. The van der Waals surface area contributed by atoms with Crippen molar-refractivity contribution in [1.82, 2.24) is 15.5 Å². The molecule has 0 radical (unpaired) electrons. The molecule has 8 nitrogen and oxygen atoms in total. The fourth-order valence-corrected chi connectivity index (χ4v) is 3.82. The van der Waals surface area contributed by atoms with Crippen LogP contribution in [0.25, 0.3) is 11.3 Å². The van der Waals surface area contributed by atoms with E-state index >= 15 is 0 Å². The Kier molecular flexibility index (Phi) is 8.54. The lowest BCUT2D eigenvalue weighted by atomic mass is 10.1. The van der Waals surface area contributed by atoms with Crippen molar-refractivity contribution in [3.63, 3.8) is 0 Å². The number of aryl methyl sites for hydroxylation is 1. The molecule has 0 aliphatic rings. The first-order valence-electron chi connectivity index (χ1n) is 12.4. The lowest BCUT2D eigenvalue weighted by Gasteiger charge is -2.08. The zero-order valence-electron chi connectivity index (χ0n) is 20.9. The maximum Gasteiger partial charge on any atom is 0.269 e. The number of benzene rings is 3. The number of nitrogens with two attached hydrogens (primary N) is 1. The smallest absolute Gasteiger partial charge is 0.269 e. The Labute approximate surface area is 216 Å². The second-order valence-corrected chi connectivity index (χ2v) is 8.94. The zero-order chi connectivity index (χ0) is 26.0. The Bertz CT molecular complexity index is 1330. The van der Waals surface area contributed by atoms with Gasteiger partial charge in [-0.1, -0.05) is 48.4 Å². The fourth-order valence-electron chi connectivity index (χ4n) is 3.82. The Morgan fingerprint density at radius 2 is 1.59 bits per heavy atom. The molecular formula is C29H32N6O2. The van der Waals surface area contributed by atoms with Crippen LogP contribution in [0.1, 0.15) is 41.7 Å². The highest BCUT2D eigenvalue weighted by Crippen LogP contribution is 2.23. The molecule has 0 saturated carbocycles. The van der Waals surface area contributed by atoms with Crippen LogP contribution in [-0.4, -0.2) is 28.6 Å². The van der Waals surface area contributed by atoms with Gasteiger partial charge < -0.3 is 21.7 Å². The molecule has 190 valence electrons. The van der Waals surface area contributed by atoms with Gasteiger partial charge in [-0.05, 0) is 62.2 Å². The highest BCUT2D eigenvalue weighted by molar-refractivity contribution is 5.94. The van der Waals surface area contributed by atoms with E-state index < -0.39 is 0 Å². The van der Waals surface area contributed by atoms with E-state index in [-0.39, 0.29) is 11.8 Å². The van der Waals surface area contributed by atoms with Crippen molar-refractivity contribution in [2.45, 2.75) is 32.6 Å². The third kappa shape index (κ3) is 7.44. The van der Waals surface area contributed by atoms with Crippen molar-refractivity contribution in [3.8, 4) is 11.3 Å². The van der Waals surface area contributed by atoms with Crippen molar-refractivity contribution in [2.75, 3.05) is 22.9 Å². The van der Waals surface area contributed by atoms with Crippen LogP contribution >= 0.6 is 0 Å². The normalized spacial score (nSPS) is 10.6. The van der Waals surface area contributed by atoms with E-state index in [2.05, 4.69) is 45.2 Å². The van der Waals surface area contributed by atoms with Gasteiger partial charge in [-0.2, -0.15) is 5.10 Å². The first-order chi connectivity index (χ1) is 18.0. The first-order valence-corrected chi connectivity index (χ1v) is 12.4. The highest BCUT2D eigenvalue weighted by Gasteiger charge is 2.11. The molecule has 0 bridgehead atoms. The maximum absolute atomic E-state index is 12.5. The van der Waals surface area contributed by atoms with Crippen molar-refractivity contribution in [1.29, 1.82) is 0 Å². The molecular weight excluding hydrogens is 464 g/mol. The largest absolute Gasteiger partial charge is 0.397 e. The van der Waals surface area contributed by atoms with Crippen LogP contribution in [0.4, 0.5) is 22.7 Å². The minimum Gasteiger partial charge on any atom is -0.397 e. The lowest BCUT2D eigenvalue weighted by molar-refractivity contribution is -0.116. The van der Waals surface area contributed by atoms with Crippen LogP contribution in [0, 0.1) is 6.92 Å². The van der Waals surface area contributed by atoms with Gasteiger partial charge in [0.2, 0.25) is 5.91 Å². The number of nitrogens with zero attached hydrogens (tertiary/aromatic N) is 1. The topological polar surface area (TPSA) is 125 Å². The number of nitrogens with one attached hydrogen (secondary N) is 4. The van der Waals surface area contributed by atoms with Crippen molar-refractivity contribution in [3.05, 3.63) is 90.1 Å². The van der Waals surface area contributed by atoms with Gasteiger partial charge >= 0.3 is 0 Å². The second-order valence-electron chi connectivity index (χ2n) is 8.94. The lowest BCUT2D eigenvalue weighted by Crippen LogP contribution is -2.24. The molecule has 0 fully saturated rings. The van der Waals surface area contributed by atoms with Gasteiger partial charge in [-0.25, -0.2) is 0 Å². The molecule has 0 aliphatic heterocycles. The Morgan fingerprint density at radius 1 is 0.892 bits per heavy atom. The van der Waals surface area contributed by atoms with Gasteiger partial charge in [0, 0.05) is 29.9 Å². The third-order valence-corrected chi connectivity index (χ3v) is 5.94. The van der Waals surface area contributed by atoms with E-state index in [0.717, 1.165) is 36.2 Å². The van der Waals surface area contributed by atoms with E-state index in [9.17, 15) is 9.59 Å². The minimum atomic E-state index is -0.200. The van der Waals surface area contributed by atoms with Gasteiger partial charge in [-0.3, -0.25) is 14.7 Å². The summed E-state index contributed by atoms with van der Waals surface area (Å²) in [6.45, 7) is 2.59. The number of H-pyrrole nitrogens is 1. The number of rotatable bonds is 11. The summed E-state index contributed by atoms with van der Waals surface area (Å²) in [5, 5.41) is 16.2. The standard InChI is InChI=1S/C29H32N6O2/c1-20-10-14-22(15-11-20)32-23-16-12-21(13-17-23)26-19-27(35-34-26)29(37)31-18-6-2-3-9-28(36)33-25-8-5-4-7-24(25)30/h4-5,7-8,10-17,19,32H,2-3,6,9,18,30H2,1H3,(H,31,37)(H,33,36)(H,34,35). The summed E-state index contributed by atoms with van der Waals surface area (Å²) in [5.74, 6) is -0.264. The molecule has 8 heteroatoms. The molecule has 6 N–H and O–H groups in total. The molecule has 0 unspecified atom stereocenters. The SMILES string of the molecule is Cc1ccc(Nc2ccc(-c3cc(C(=O)NCCCCCC(=O)Nc4ccccc4N)[nH]n3)cc2)cc1. The monoisotopic (exact) mass is 496 g/mol. The van der Waals surface area contributed by atoms with Gasteiger partial charge in [0.05, 0.1) is 17.1 Å². The van der Waals surface area contributed by atoms with Crippen LogP contribution in [0.2, 0.25) is 0 Å². The summed E-state index contributed by atoms with van der Waals surface area (Å²) in [6.07, 6.45) is 2.75. The van der Waals surface area contributed by atoms with E-state index in [4.69, 9.17) is 5.73 Å². The van der Waals surface area contributed by atoms with E-state index in [1.165, 1.54) is 5.56 Å². The van der Waals surface area contributed by atoms with E-state index in [0.29, 0.717) is 35.7 Å². The number of unbranched alkanes of at least 4 members (excludes halogenated alkanes) is 2. The molecule has 2 amide bonds. The number of nitrogen functional groups attached to an aromatic ring is 1. The van der Waals surface area contributed by atoms with Gasteiger partial charge in [0.1, 0.15) is 5.69 Å². The van der Waals surface area contributed by atoms with Gasteiger partial charge in [0.25, 0.3) is 5.91 Å². The summed E-state index contributed by atoms with van der Waals surface area (Å²) in [5.41, 5.74) is 12.3. The Hall–Kier alpha value is -4.59. The number of carbonyl (C=O) groups is 2. The van der Waals surface area contributed by atoms with Crippen LogP contribution < -0.4 is 21.7 Å². The molecule has 3 aromatic carbocycles. The number of hydrogen-bond acceptors (Lipinski definition) is 5. The van der Waals surface area contributed by atoms with Crippen LogP contribution in [-0.2, 0) is 4.79 Å². The summed E-state index contributed by atoms with van der Waals surface area (Å²) in [4.78, 5) is 24.5. The van der Waals surface area contributed by atoms with Crippen LogP contribution in [0.5, 0.6) is 0 Å². The number of hydrogen-bond donors (Lipinski definition) is 5. The van der Waals surface area contributed by atoms with Crippen LogP contribution in [0.15, 0.2) is 78.9 Å². The maximum atomic E-state index is 12.5. The molecule has 0 aliphatic carbocycles. The molecule has 0 saturated heterocycles. The molecule has 1 aromatic heterocycles. The predicted octanol–water partition coefficient (Wildman–Crippen LogP) is 5.64. The first kappa shape index (κ1) is 25.5. The molecule has 0 spiro atoms. The summed E-state index contributed by atoms with van der Waals surface area (Å²) < 4.78 is 0. The van der Waals surface area contributed by atoms with Crippen molar-refractivity contribution in [2.24, 2.45) is 0 Å².